The van der Waals surface area contributed by atoms with Crippen molar-refractivity contribution in [3.63, 3.8) is 0 Å². The lowest BCUT2D eigenvalue weighted by molar-refractivity contribution is 0.585. The molecule has 0 aliphatic rings. The van der Waals surface area contributed by atoms with E-state index in [9.17, 15) is 0 Å². The van der Waals surface area contributed by atoms with Crippen LogP contribution in [0.2, 0.25) is 5.02 Å². The molecule has 0 unspecified atom stereocenters. The van der Waals surface area contributed by atoms with E-state index in [-0.39, 0.29) is 5.41 Å². The van der Waals surface area contributed by atoms with Crippen LogP contribution < -0.4 is 5.32 Å². The molecule has 0 spiro atoms. The van der Waals surface area contributed by atoms with Crippen LogP contribution in [0, 0.1) is 0 Å². The normalized spacial score (nSPS) is 11.6. The van der Waals surface area contributed by atoms with Crippen molar-refractivity contribution in [2.75, 3.05) is 5.32 Å². The number of hydrogen-bond donors (Lipinski definition) is 1. The van der Waals surface area contributed by atoms with Gasteiger partial charge in [-0.25, -0.2) is 4.98 Å². The maximum Gasteiger partial charge on any atom is 0.0981 e. The quantitative estimate of drug-likeness (QED) is 0.920. The second-order valence-corrected chi connectivity index (χ2v) is 6.61. The minimum Gasteiger partial charge on any atom is -0.378 e. The minimum atomic E-state index is 0.106. The van der Waals surface area contributed by atoms with E-state index in [1.54, 1.807) is 29.8 Å². The highest BCUT2D eigenvalue weighted by Crippen LogP contribution is 2.27. The van der Waals surface area contributed by atoms with Crippen LogP contribution in [0.5, 0.6) is 0 Å². The number of aromatic nitrogens is 2. The van der Waals surface area contributed by atoms with Crippen LogP contribution in [-0.2, 0) is 12.0 Å². The molecule has 0 fully saturated rings. The number of thiazole rings is 1. The summed E-state index contributed by atoms with van der Waals surface area (Å²) in [6.07, 6.45) is 5.33. The largest absolute Gasteiger partial charge is 0.378 e. The third-order valence-corrected chi connectivity index (χ3v) is 4.17. The van der Waals surface area contributed by atoms with Gasteiger partial charge in [0.05, 0.1) is 28.5 Å². The molecular weight excluding hydrogens is 266 g/mol. The van der Waals surface area contributed by atoms with Crippen molar-refractivity contribution in [1.29, 1.82) is 0 Å². The van der Waals surface area contributed by atoms with Gasteiger partial charge in [0.1, 0.15) is 0 Å². The zero-order valence-corrected chi connectivity index (χ0v) is 12.3. The summed E-state index contributed by atoms with van der Waals surface area (Å²) in [5.74, 6) is 0. The molecule has 0 atom stereocenters. The zero-order chi connectivity index (χ0) is 13.2. The lowest BCUT2D eigenvalue weighted by atomic mass is 9.98. The fourth-order valence-electron chi connectivity index (χ4n) is 1.43. The molecule has 3 nitrogen and oxygen atoms in total. The zero-order valence-electron chi connectivity index (χ0n) is 10.7. The number of anilines is 1. The molecule has 0 bridgehead atoms. The summed E-state index contributed by atoms with van der Waals surface area (Å²) < 4.78 is 0. The van der Waals surface area contributed by atoms with E-state index in [4.69, 9.17) is 11.6 Å². The van der Waals surface area contributed by atoms with Gasteiger partial charge in [-0.3, -0.25) is 4.98 Å². The Labute approximate surface area is 116 Å². The van der Waals surface area contributed by atoms with Crippen molar-refractivity contribution in [2.24, 2.45) is 0 Å². The van der Waals surface area contributed by atoms with Crippen molar-refractivity contribution in [2.45, 2.75) is 32.7 Å². The van der Waals surface area contributed by atoms with Gasteiger partial charge in [0, 0.05) is 22.7 Å². The van der Waals surface area contributed by atoms with Gasteiger partial charge in [-0.05, 0) is 6.07 Å². The summed E-state index contributed by atoms with van der Waals surface area (Å²) in [6.45, 7) is 7.22. The van der Waals surface area contributed by atoms with E-state index < -0.39 is 0 Å². The number of rotatable bonds is 3. The highest BCUT2D eigenvalue weighted by atomic mass is 35.5. The van der Waals surface area contributed by atoms with Crippen LogP contribution in [0.1, 0.15) is 30.7 Å². The Morgan fingerprint density at radius 2 is 2.11 bits per heavy atom. The molecule has 0 aliphatic heterocycles. The molecule has 1 N–H and O–H groups in total. The predicted octanol–water partition coefficient (Wildman–Crippen LogP) is 4.10. The first-order valence-corrected chi connectivity index (χ1v) is 6.95. The first kappa shape index (κ1) is 13.3. The standard InChI is InChI=1S/C13H16ClN3S/c1-13(2,3)12-17-7-9(18-12)6-16-11-8-15-5-4-10(11)14/h4-5,7-8,16H,6H2,1-3H3. The summed E-state index contributed by atoms with van der Waals surface area (Å²) >= 11 is 7.78. The molecule has 2 aromatic heterocycles. The summed E-state index contributed by atoms with van der Waals surface area (Å²) in [5, 5.41) is 5.11. The molecule has 5 heteroatoms. The van der Waals surface area contributed by atoms with Crippen LogP contribution in [0.25, 0.3) is 0 Å². The maximum absolute atomic E-state index is 6.05. The average molecular weight is 282 g/mol. The molecule has 0 aromatic carbocycles. The van der Waals surface area contributed by atoms with E-state index in [1.807, 2.05) is 6.20 Å². The highest BCUT2D eigenvalue weighted by molar-refractivity contribution is 7.11. The fourth-order valence-corrected chi connectivity index (χ4v) is 2.51. The predicted molar refractivity (Wildman–Crippen MR) is 77.4 cm³/mol. The fraction of sp³-hybridized carbons (Fsp3) is 0.385. The SMILES string of the molecule is CC(C)(C)c1ncc(CNc2cnccc2Cl)s1. The van der Waals surface area contributed by atoms with Crippen LogP contribution in [-0.4, -0.2) is 9.97 Å². The van der Waals surface area contributed by atoms with Gasteiger partial charge < -0.3 is 5.32 Å². The maximum atomic E-state index is 6.05. The van der Waals surface area contributed by atoms with Crippen molar-refractivity contribution in [3.05, 3.63) is 39.6 Å². The third-order valence-electron chi connectivity index (χ3n) is 2.42. The van der Waals surface area contributed by atoms with E-state index in [0.717, 1.165) is 17.2 Å². The number of pyridine rings is 1. The lowest BCUT2D eigenvalue weighted by Gasteiger charge is -2.13. The van der Waals surface area contributed by atoms with E-state index in [1.165, 1.54) is 4.88 Å². The Morgan fingerprint density at radius 3 is 2.72 bits per heavy atom. The lowest BCUT2D eigenvalue weighted by Crippen LogP contribution is -2.09. The van der Waals surface area contributed by atoms with Gasteiger partial charge in [-0.1, -0.05) is 32.4 Å². The van der Waals surface area contributed by atoms with Gasteiger partial charge in [0.15, 0.2) is 0 Å². The molecule has 0 aliphatic carbocycles. The van der Waals surface area contributed by atoms with Crippen molar-refractivity contribution in [3.8, 4) is 0 Å². The second-order valence-electron chi connectivity index (χ2n) is 5.09. The third kappa shape index (κ3) is 3.21. The van der Waals surface area contributed by atoms with Gasteiger partial charge >= 0.3 is 0 Å². The summed E-state index contributed by atoms with van der Waals surface area (Å²) in [6, 6.07) is 1.77. The topological polar surface area (TPSA) is 37.8 Å². The van der Waals surface area contributed by atoms with Crippen LogP contribution in [0.4, 0.5) is 5.69 Å². The molecule has 0 radical (unpaired) electrons. The summed E-state index contributed by atoms with van der Waals surface area (Å²) in [4.78, 5) is 9.69. The van der Waals surface area contributed by atoms with Gasteiger partial charge in [0.2, 0.25) is 0 Å². The second kappa shape index (κ2) is 5.24. The number of hydrogen-bond acceptors (Lipinski definition) is 4. The molecule has 0 amide bonds. The van der Waals surface area contributed by atoms with E-state index >= 15 is 0 Å². The number of nitrogens with zero attached hydrogens (tertiary/aromatic N) is 2. The first-order valence-electron chi connectivity index (χ1n) is 5.75. The van der Waals surface area contributed by atoms with Gasteiger partial charge in [0.25, 0.3) is 0 Å². The molecule has 18 heavy (non-hydrogen) atoms. The Kier molecular flexibility index (Phi) is 3.88. The Balaban J connectivity index is 2.03. The molecule has 2 heterocycles. The molecule has 96 valence electrons. The number of halogens is 1. The van der Waals surface area contributed by atoms with Crippen LogP contribution in [0.15, 0.2) is 24.7 Å². The molecule has 2 rings (SSSR count). The van der Waals surface area contributed by atoms with Gasteiger partial charge in [-0.2, -0.15) is 0 Å². The smallest absolute Gasteiger partial charge is 0.0981 e. The monoisotopic (exact) mass is 281 g/mol. The van der Waals surface area contributed by atoms with Crippen LogP contribution >= 0.6 is 22.9 Å². The number of nitrogens with one attached hydrogen (secondary N) is 1. The van der Waals surface area contributed by atoms with E-state index in [0.29, 0.717) is 5.02 Å². The van der Waals surface area contributed by atoms with Crippen molar-refractivity contribution in [1.82, 2.24) is 9.97 Å². The summed E-state index contributed by atoms with van der Waals surface area (Å²) in [7, 11) is 0. The highest BCUT2D eigenvalue weighted by Gasteiger charge is 2.17. The van der Waals surface area contributed by atoms with Crippen molar-refractivity contribution < 1.29 is 0 Å². The van der Waals surface area contributed by atoms with Crippen LogP contribution in [0.3, 0.4) is 0 Å². The molecule has 0 saturated heterocycles. The van der Waals surface area contributed by atoms with Crippen molar-refractivity contribution >= 4 is 28.6 Å². The van der Waals surface area contributed by atoms with Gasteiger partial charge in [-0.15, -0.1) is 11.3 Å². The molecular formula is C13H16ClN3S. The first-order chi connectivity index (χ1) is 8.47. The molecule has 0 saturated carbocycles. The Bertz CT molecular complexity index is 531. The Hall–Kier alpha value is -1.13. The van der Waals surface area contributed by atoms with E-state index in [2.05, 4.69) is 36.1 Å². The summed E-state index contributed by atoms with van der Waals surface area (Å²) in [5.41, 5.74) is 0.958. The molecule has 2 aromatic rings. The Morgan fingerprint density at radius 1 is 1.33 bits per heavy atom. The average Bonchev–Trinajstić information content (AvgIpc) is 2.76. The minimum absolute atomic E-state index is 0.106.